The Morgan fingerprint density at radius 1 is 1.19 bits per heavy atom. The number of thiophene rings is 1. The molecule has 0 atom stereocenters. The minimum absolute atomic E-state index is 0.310. The second-order valence-corrected chi connectivity index (χ2v) is 7.18. The molecule has 4 nitrogen and oxygen atoms in total. The van der Waals surface area contributed by atoms with Crippen molar-refractivity contribution in [3.8, 4) is 5.88 Å². The number of aromatic nitrogens is 2. The fourth-order valence-corrected chi connectivity index (χ4v) is 4.84. The monoisotopic (exact) mass is 303 g/mol. The molecule has 0 saturated heterocycles. The smallest absolute Gasteiger partial charge is 0.225 e. The van der Waals surface area contributed by atoms with Crippen molar-refractivity contribution in [3.05, 3.63) is 16.8 Å². The van der Waals surface area contributed by atoms with Gasteiger partial charge in [0.2, 0.25) is 5.88 Å². The number of aryl methyl sites for hydroxylation is 2. The molecule has 0 spiro atoms. The Labute approximate surface area is 128 Å². The van der Waals surface area contributed by atoms with E-state index in [9.17, 15) is 0 Å². The minimum Gasteiger partial charge on any atom is -0.474 e. The molecule has 0 radical (unpaired) electrons. The Balaban J connectivity index is 1.59. The fraction of sp³-hybridized carbons (Fsp3) is 0.625. The van der Waals surface area contributed by atoms with Crippen LogP contribution >= 0.6 is 11.3 Å². The Morgan fingerprint density at radius 3 is 2.86 bits per heavy atom. The predicted molar refractivity (Wildman–Crippen MR) is 85.2 cm³/mol. The first-order chi connectivity index (χ1) is 10.3. The SMILES string of the molecule is CNC1CCC(Oc2ncnc3sc4c(c23)CCC4)CC1. The molecule has 2 aliphatic rings. The number of ether oxygens (including phenoxy) is 1. The highest BCUT2D eigenvalue weighted by Crippen LogP contribution is 2.40. The molecule has 4 rings (SSSR count). The molecule has 2 aromatic heterocycles. The van der Waals surface area contributed by atoms with Crippen molar-refractivity contribution < 1.29 is 4.74 Å². The average Bonchev–Trinajstić information content (AvgIpc) is 3.09. The molecule has 0 bridgehead atoms. The van der Waals surface area contributed by atoms with E-state index in [2.05, 4.69) is 22.3 Å². The van der Waals surface area contributed by atoms with Crippen molar-refractivity contribution in [2.45, 2.75) is 57.1 Å². The van der Waals surface area contributed by atoms with E-state index in [1.165, 1.54) is 41.5 Å². The van der Waals surface area contributed by atoms with Crippen molar-refractivity contribution >= 4 is 21.6 Å². The van der Waals surface area contributed by atoms with Crippen LogP contribution in [0.3, 0.4) is 0 Å². The van der Waals surface area contributed by atoms with Gasteiger partial charge in [0.25, 0.3) is 0 Å². The molecule has 2 aliphatic carbocycles. The zero-order chi connectivity index (χ0) is 14.2. The number of hydrogen-bond acceptors (Lipinski definition) is 5. The molecule has 0 unspecified atom stereocenters. The van der Waals surface area contributed by atoms with Crippen molar-refractivity contribution in [2.24, 2.45) is 0 Å². The quantitative estimate of drug-likeness (QED) is 0.946. The molecule has 0 amide bonds. The second-order valence-electron chi connectivity index (χ2n) is 6.10. The third kappa shape index (κ3) is 2.42. The van der Waals surface area contributed by atoms with Gasteiger partial charge in [0.05, 0.1) is 5.39 Å². The fourth-order valence-electron chi connectivity index (χ4n) is 3.62. The molecule has 1 N–H and O–H groups in total. The average molecular weight is 303 g/mol. The zero-order valence-electron chi connectivity index (χ0n) is 12.4. The summed E-state index contributed by atoms with van der Waals surface area (Å²) in [7, 11) is 2.05. The van der Waals surface area contributed by atoms with Crippen LogP contribution in [0.5, 0.6) is 5.88 Å². The Bertz CT molecular complexity index is 646. The van der Waals surface area contributed by atoms with Crippen LogP contribution < -0.4 is 10.1 Å². The summed E-state index contributed by atoms with van der Waals surface area (Å²) >= 11 is 1.83. The molecule has 5 heteroatoms. The summed E-state index contributed by atoms with van der Waals surface area (Å²) in [5, 5.41) is 4.57. The van der Waals surface area contributed by atoms with E-state index >= 15 is 0 Å². The molecule has 1 fully saturated rings. The summed E-state index contributed by atoms with van der Waals surface area (Å²) in [5.41, 5.74) is 1.45. The van der Waals surface area contributed by atoms with Crippen molar-refractivity contribution in [1.82, 2.24) is 15.3 Å². The van der Waals surface area contributed by atoms with Gasteiger partial charge >= 0.3 is 0 Å². The largest absolute Gasteiger partial charge is 0.474 e. The topological polar surface area (TPSA) is 47.0 Å². The second kappa shape index (κ2) is 5.54. The summed E-state index contributed by atoms with van der Waals surface area (Å²) in [6.45, 7) is 0. The number of nitrogens with one attached hydrogen (secondary N) is 1. The minimum atomic E-state index is 0.310. The van der Waals surface area contributed by atoms with Gasteiger partial charge < -0.3 is 10.1 Å². The highest BCUT2D eigenvalue weighted by atomic mass is 32.1. The molecular weight excluding hydrogens is 282 g/mol. The Kier molecular flexibility index (Phi) is 3.55. The van der Waals surface area contributed by atoms with Crippen molar-refractivity contribution in [1.29, 1.82) is 0 Å². The third-order valence-corrected chi connectivity index (χ3v) is 6.03. The van der Waals surface area contributed by atoms with Gasteiger partial charge in [-0.3, -0.25) is 0 Å². The molecule has 2 heterocycles. The maximum atomic E-state index is 6.27. The van der Waals surface area contributed by atoms with Crippen LogP contribution in [0.1, 0.15) is 42.5 Å². The summed E-state index contributed by atoms with van der Waals surface area (Å²) in [6.07, 6.45) is 10.2. The number of nitrogens with zero attached hydrogens (tertiary/aromatic N) is 2. The van der Waals surface area contributed by atoms with Gasteiger partial charge in [0.15, 0.2) is 0 Å². The van der Waals surface area contributed by atoms with Crippen molar-refractivity contribution in [3.63, 3.8) is 0 Å². The zero-order valence-corrected chi connectivity index (χ0v) is 13.2. The first-order valence-corrected chi connectivity index (χ1v) is 8.76. The summed E-state index contributed by atoms with van der Waals surface area (Å²) < 4.78 is 6.27. The van der Waals surface area contributed by atoms with Gasteiger partial charge in [0, 0.05) is 10.9 Å². The van der Waals surface area contributed by atoms with Crippen LogP contribution in [-0.4, -0.2) is 29.2 Å². The van der Waals surface area contributed by atoms with Crippen LogP contribution in [0.15, 0.2) is 6.33 Å². The van der Waals surface area contributed by atoms with E-state index in [4.69, 9.17) is 4.74 Å². The lowest BCUT2D eigenvalue weighted by atomic mass is 9.93. The molecule has 112 valence electrons. The first-order valence-electron chi connectivity index (χ1n) is 7.94. The molecule has 2 aromatic rings. The highest BCUT2D eigenvalue weighted by molar-refractivity contribution is 7.18. The van der Waals surface area contributed by atoms with Gasteiger partial charge in [-0.2, -0.15) is 0 Å². The van der Waals surface area contributed by atoms with Crippen LogP contribution in [0.4, 0.5) is 0 Å². The van der Waals surface area contributed by atoms with Gasteiger partial charge in [-0.25, -0.2) is 9.97 Å². The lowest BCUT2D eigenvalue weighted by Crippen LogP contribution is -2.34. The number of rotatable bonds is 3. The lowest BCUT2D eigenvalue weighted by molar-refractivity contribution is 0.138. The van der Waals surface area contributed by atoms with E-state index in [1.807, 2.05) is 11.3 Å². The van der Waals surface area contributed by atoms with Crippen LogP contribution in [0.25, 0.3) is 10.2 Å². The molecule has 0 aromatic carbocycles. The summed E-state index contributed by atoms with van der Waals surface area (Å²) in [4.78, 5) is 11.5. The molecular formula is C16H21N3OS. The van der Waals surface area contributed by atoms with Gasteiger partial charge in [-0.15, -0.1) is 11.3 Å². The van der Waals surface area contributed by atoms with Gasteiger partial charge in [-0.05, 0) is 57.6 Å². The Morgan fingerprint density at radius 2 is 2.05 bits per heavy atom. The third-order valence-electron chi connectivity index (χ3n) is 4.83. The lowest BCUT2D eigenvalue weighted by Gasteiger charge is -2.28. The predicted octanol–water partition coefficient (Wildman–Crippen LogP) is 3.09. The first kappa shape index (κ1) is 13.5. The maximum absolute atomic E-state index is 6.27. The van der Waals surface area contributed by atoms with E-state index in [1.54, 1.807) is 6.33 Å². The normalized spacial score (nSPS) is 25.2. The van der Waals surface area contributed by atoms with Gasteiger partial charge in [0.1, 0.15) is 17.3 Å². The highest BCUT2D eigenvalue weighted by Gasteiger charge is 2.25. The van der Waals surface area contributed by atoms with E-state index in [-0.39, 0.29) is 0 Å². The maximum Gasteiger partial charge on any atom is 0.225 e. The van der Waals surface area contributed by atoms with Crippen LogP contribution in [-0.2, 0) is 12.8 Å². The molecule has 0 aliphatic heterocycles. The molecule has 1 saturated carbocycles. The summed E-state index contributed by atoms with van der Waals surface area (Å²) in [6, 6.07) is 0.653. The number of hydrogen-bond donors (Lipinski definition) is 1. The number of fused-ring (bicyclic) bond motifs is 3. The van der Waals surface area contributed by atoms with Crippen molar-refractivity contribution in [2.75, 3.05) is 7.05 Å². The van der Waals surface area contributed by atoms with E-state index < -0.39 is 0 Å². The van der Waals surface area contributed by atoms with Gasteiger partial charge in [-0.1, -0.05) is 0 Å². The standard InChI is InChI=1S/C16H21N3OS/c1-17-10-5-7-11(8-6-10)20-15-14-12-3-2-4-13(12)21-16(14)19-9-18-15/h9-11,17H,2-8H2,1H3. The van der Waals surface area contributed by atoms with E-state index in [0.29, 0.717) is 12.1 Å². The molecule has 21 heavy (non-hydrogen) atoms. The van der Waals surface area contributed by atoms with Crippen LogP contribution in [0.2, 0.25) is 0 Å². The van der Waals surface area contributed by atoms with E-state index in [0.717, 1.165) is 30.0 Å². The van der Waals surface area contributed by atoms with Crippen LogP contribution in [0, 0.1) is 0 Å². The summed E-state index contributed by atoms with van der Waals surface area (Å²) in [5.74, 6) is 0.826. The Hall–Kier alpha value is -1.20.